The van der Waals surface area contributed by atoms with Crippen LogP contribution in [0.3, 0.4) is 0 Å². The zero-order valence-electron chi connectivity index (χ0n) is 6.95. The lowest BCUT2D eigenvalue weighted by molar-refractivity contribution is 1.74. The van der Waals surface area contributed by atoms with Crippen LogP contribution in [0.2, 0.25) is 0 Å². The van der Waals surface area contributed by atoms with Gasteiger partial charge in [0, 0.05) is 4.70 Å². The normalized spacial score (nSPS) is 11.4. The van der Waals surface area contributed by atoms with Gasteiger partial charge in [-0.2, -0.15) is 0 Å². The number of hydrogen-bond donors (Lipinski definition) is 0. The molecule has 2 rings (SSSR count). The molecule has 0 radical (unpaired) electrons. The van der Waals surface area contributed by atoms with Crippen molar-refractivity contribution in [1.29, 1.82) is 0 Å². The summed E-state index contributed by atoms with van der Waals surface area (Å²) in [4.78, 5) is 0. The van der Waals surface area contributed by atoms with E-state index in [0.29, 0.717) is 0 Å². The van der Waals surface area contributed by atoms with Gasteiger partial charge in [-0.25, -0.2) is 0 Å². The molecule has 2 aromatic rings. The molecule has 0 atom stereocenters. The summed E-state index contributed by atoms with van der Waals surface area (Å²) in [6.07, 6.45) is 4.23. The SMILES string of the molecule is CC=Cc1cccc2ccsc12. The van der Waals surface area contributed by atoms with Gasteiger partial charge in [-0.05, 0) is 29.3 Å². The number of thiophene rings is 1. The lowest BCUT2D eigenvalue weighted by atomic mass is 10.1. The summed E-state index contributed by atoms with van der Waals surface area (Å²) >= 11 is 1.80. The van der Waals surface area contributed by atoms with Crippen molar-refractivity contribution in [3.8, 4) is 0 Å². The summed E-state index contributed by atoms with van der Waals surface area (Å²) in [7, 11) is 0. The monoisotopic (exact) mass is 174 g/mol. The third-order valence-electron chi connectivity index (χ3n) is 1.86. The van der Waals surface area contributed by atoms with Gasteiger partial charge in [0.05, 0.1) is 0 Å². The zero-order chi connectivity index (χ0) is 8.39. The molecule has 0 nitrogen and oxygen atoms in total. The maximum Gasteiger partial charge on any atom is 0.0414 e. The second-order valence-corrected chi connectivity index (χ2v) is 3.60. The first-order valence-corrected chi connectivity index (χ1v) is 4.88. The van der Waals surface area contributed by atoms with Gasteiger partial charge < -0.3 is 0 Å². The minimum atomic E-state index is 1.32. The maximum atomic E-state index is 2.16. The Morgan fingerprint density at radius 1 is 1.25 bits per heavy atom. The quantitative estimate of drug-likeness (QED) is 0.614. The first kappa shape index (κ1) is 7.56. The minimum absolute atomic E-state index is 1.32. The van der Waals surface area contributed by atoms with E-state index < -0.39 is 0 Å². The van der Waals surface area contributed by atoms with Gasteiger partial charge in [0.25, 0.3) is 0 Å². The number of rotatable bonds is 1. The summed E-state index contributed by atoms with van der Waals surface area (Å²) in [6, 6.07) is 8.56. The molecule has 0 spiro atoms. The summed E-state index contributed by atoms with van der Waals surface area (Å²) in [6.45, 7) is 2.05. The first-order chi connectivity index (χ1) is 5.92. The van der Waals surface area contributed by atoms with Crippen molar-refractivity contribution in [3.05, 3.63) is 41.3 Å². The lowest BCUT2D eigenvalue weighted by Crippen LogP contribution is -1.69. The van der Waals surface area contributed by atoms with E-state index in [1.54, 1.807) is 11.3 Å². The molecule has 1 heterocycles. The van der Waals surface area contributed by atoms with E-state index in [9.17, 15) is 0 Å². The standard InChI is InChI=1S/C11H10S/c1-2-4-9-5-3-6-10-7-8-12-11(9)10/h2-8H,1H3. The lowest BCUT2D eigenvalue weighted by Gasteiger charge is -1.94. The van der Waals surface area contributed by atoms with Crippen LogP contribution in [0.25, 0.3) is 16.2 Å². The highest BCUT2D eigenvalue weighted by Gasteiger charge is 1.96. The van der Waals surface area contributed by atoms with Gasteiger partial charge in [-0.3, -0.25) is 0 Å². The molecule has 0 aliphatic rings. The van der Waals surface area contributed by atoms with Crippen molar-refractivity contribution < 1.29 is 0 Å². The summed E-state index contributed by atoms with van der Waals surface area (Å²) in [5.74, 6) is 0. The molecule has 0 unspecified atom stereocenters. The summed E-state index contributed by atoms with van der Waals surface area (Å²) in [5, 5.41) is 3.48. The Hall–Kier alpha value is -1.08. The fraction of sp³-hybridized carbons (Fsp3) is 0.0909. The van der Waals surface area contributed by atoms with Gasteiger partial charge in [-0.15, -0.1) is 11.3 Å². The molecule has 0 aliphatic heterocycles. The Balaban J connectivity index is 2.73. The van der Waals surface area contributed by atoms with E-state index in [2.05, 4.69) is 41.8 Å². The van der Waals surface area contributed by atoms with Gasteiger partial charge >= 0.3 is 0 Å². The Morgan fingerprint density at radius 2 is 2.17 bits per heavy atom. The Kier molecular flexibility index (Phi) is 1.96. The van der Waals surface area contributed by atoms with E-state index in [1.807, 2.05) is 6.92 Å². The Morgan fingerprint density at radius 3 is 3.00 bits per heavy atom. The van der Waals surface area contributed by atoms with E-state index in [1.165, 1.54) is 15.6 Å². The van der Waals surface area contributed by atoms with Crippen LogP contribution < -0.4 is 0 Å². The van der Waals surface area contributed by atoms with Gasteiger partial charge in [-0.1, -0.05) is 30.4 Å². The highest BCUT2D eigenvalue weighted by atomic mass is 32.1. The third-order valence-corrected chi connectivity index (χ3v) is 2.83. The van der Waals surface area contributed by atoms with E-state index >= 15 is 0 Å². The highest BCUT2D eigenvalue weighted by Crippen LogP contribution is 2.25. The number of allylic oxidation sites excluding steroid dienone is 1. The molecule has 0 amide bonds. The highest BCUT2D eigenvalue weighted by molar-refractivity contribution is 7.17. The molecule has 1 aromatic carbocycles. The van der Waals surface area contributed by atoms with Crippen LogP contribution in [0.4, 0.5) is 0 Å². The van der Waals surface area contributed by atoms with Gasteiger partial charge in [0.2, 0.25) is 0 Å². The molecule has 0 N–H and O–H groups in total. The van der Waals surface area contributed by atoms with Gasteiger partial charge in [0.1, 0.15) is 0 Å². The maximum absolute atomic E-state index is 2.16. The minimum Gasteiger partial charge on any atom is -0.143 e. The van der Waals surface area contributed by atoms with Crippen molar-refractivity contribution in [2.75, 3.05) is 0 Å². The molecule has 0 bridgehead atoms. The average molecular weight is 174 g/mol. The van der Waals surface area contributed by atoms with Crippen LogP contribution in [0.15, 0.2) is 35.7 Å². The number of benzene rings is 1. The largest absolute Gasteiger partial charge is 0.143 e. The molecule has 0 aliphatic carbocycles. The molecule has 60 valence electrons. The van der Waals surface area contributed by atoms with Crippen molar-refractivity contribution >= 4 is 27.5 Å². The summed E-state index contributed by atoms with van der Waals surface area (Å²) < 4.78 is 1.38. The Bertz CT molecular complexity index is 410. The predicted molar refractivity (Wildman–Crippen MR) is 56.5 cm³/mol. The van der Waals surface area contributed by atoms with Crippen LogP contribution in [0.1, 0.15) is 12.5 Å². The molecular formula is C11H10S. The van der Waals surface area contributed by atoms with Crippen LogP contribution in [0, 0.1) is 0 Å². The van der Waals surface area contributed by atoms with Crippen molar-refractivity contribution in [2.24, 2.45) is 0 Å². The average Bonchev–Trinajstić information content (AvgIpc) is 2.53. The third kappa shape index (κ3) is 1.16. The molecule has 1 aromatic heterocycles. The van der Waals surface area contributed by atoms with E-state index in [0.717, 1.165) is 0 Å². The fourth-order valence-corrected chi connectivity index (χ4v) is 2.22. The predicted octanol–water partition coefficient (Wildman–Crippen LogP) is 3.93. The molecular weight excluding hydrogens is 164 g/mol. The second-order valence-electron chi connectivity index (χ2n) is 2.69. The molecule has 0 saturated heterocycles. The van der Waals surface area contributed by atoms with Crippen LogP contribution in [0.5, 0.6) is 0 Å². The number of hydrogen-bond acceptors (Lipinski definition) is 1. The topological polar surface area (TPSA) is 0 Å². The van der Waals surface area contributed by atoms with Crippen LogP contribution >= 0.6 is 11.3 Å². The van der Waals surface area contributed by atoms with Gasteiger partial charge in [0.15, 0.2) is 0 Å². The molecule has 0 saturated carbocycles. The molecule has 1 heteroatoms. The molecule has 12 heavy (non-hydrogen) atoms. The smallest absolute Gasteiger partial charge is 0.0414 e. The van der Waals surface area contributed by atoms with Crippen LogP contribution in [-0.4, -0.2) is 0 Å². The van der Waals surface area contributed by atoms with Crippen molar-refractivity contribution in [2.45, 2.75) is 6.92 Å². The zero-order valence-corrected chi connectivity index (χ0v) is 7.77. The second kappa shape index (κ2) is 3.11. The van der Waals surface area contributed by atoms with E-state index in [-0.39, 0.29) is 0 Å². The molecule has 0 fully saturated rings. The van der Waals surface area contributed by atoms with Crippen molar-refractivity contribution in [3.63, 3.8) is 0 Å². The van der Waals surface area contributed by atoms with Crippen molar-refractivity contribution in [1.82, 2.24) is 0 Å². The van der Waals surface area contributed by atoms with Crippen LogP contribution in [-0.2, 0) is 0 Å². The Labute approximate surface area is 76.2 Å². The first-order valence-electron chi connectivity index (χ1n) is 4.01. The number of fused-ring (bicyclic) bond motifs is 1. The summed E-state index contributed by atoms with van der Waals surface area (Å²) in [5.41, 5.74) is 1.32. The van der Waals surface area contributed by atoms with E-state index in [4.69, 9.17) is 0 Å². The fourth-order valence-electron chi connectivity index (χ4n) is 1.33.